The monoisotopic (exact) mass is 277 g/mol. The number of ether oxygens (including phenoxy) is 1. The van der Waals surface area contributed by atoms with Gasteiger partial charge < -0.3 is 21.1 Å². The Labute approximate surface area is 115 Å². The first-order chi connectivity index (χ1) is 9.43. The molecule has 20 heavy (non-hydrogen) atoms. The van der Waals surface area contributed by atoms with Crippen molar-refractivity contribution < 1.29 is 19.1 Å². The number of nitrogens with zero attached hydrogens (tertiary/aromatic N) is 1. The molecule has 7 nitrogen and oxygen atoms in total. The van der Waals surface area contributed by atoms with Gasteiger partial charge in [-0.15, -0.1) is 0 Å². The van der Waals surface area contributed by atoms with Crippen LogP contribution in [-0.4, -0.2) is 31.4 Å². The summed E-state index contributed by atoms with van der Waals surface area (Å²) < 4.78 is 5.17. The average Bonchev–Trinajstić information content (AvgIpc) is 2.80. The highest BCUT2D eigenvalue weighted by Gasteiger charge is 2.35. The van der Waals surface area contributed by atoms with Crippen molar-refractivity contribution in [3.05, 3.63) is 23.8 Å². The highest BCUT2D eigenvalue weighted by Crippen LogP contribution is 2.33. The first-order valence-corrected chi connectivity index (χ1v) is 6.01. The van der Waals surface area contributed by atoms with E-state index in [-0.39, 0.29) is 24.4 Å². The van der Waals surface area contributed by atoms with Gasteiger partial charge in [0.1, 0.15) is 5.75 Å². The standard InChI is InChI=1S/C13H15N3O4/c1-20-10-3-2-7(12(14)18)4-9(10)16-6-8(13(15)19)5-11(16)17/h2-4,8H,5-6H2,1H3,(H2,14,18)(H2,15,19). The molecular weight excluding hydrogens is 262 g/mol. The minimum Gasteiger partial charge on any atom is -0.495 e. The number of rotatable bonds is 4. The summed E-state index contributed by atoms with van der Waals surface area (Å²) in [5.74, 6) is -1.48. The smallest absolute Gasteiger partial charge is 0.248 e. The molecule has 1 heterocycles. The molecule has 7 heteroatoms. The van der Waals surface area contributed by atoms with E-state index in [4.69, 9.17) is 16.2 Å². The summed E-state index contributed by atoms with van der Waals surface area (Å²) in [5.41, 5.74) is 11.1. The Morgan fingerprint density at radius 2 is 2.05 bits per heavy atom. The van der Waals surface area contributed by atoms with Gasteiger partial charge in [0.05, 0.1) is 18.7 Å². The first kappa shape index (κ1) is 13.9. The number of anilines is 1. The van der Waals surface area contributed by atoms with Crippen LogP contribution >= 0.6 is 0 Å². The molecule has 1 aliphatic heterocycles. The van der Waals surface area contributed by atoms with Gasteiger partial charge in [0.15, 0.2) is 0 Å². The Balaban J connectivity index is 2.40. The number of hydrogen-bond donors (Lipinski definition) is 2. The maximum atomic E-state index is 12.0. The Bertz CT molecular complexity index is 585. The second-order valence-corrected chi connectivity index (χ2v) is 4.56. The summed E-state index contributed by atoms with van der Waals surface area (Å²) in [6.07, 6.45) is 0.0548. The van der Waals surface area contributed by atoms with Crippen molar-refractivity contribution in [3.63, 3.8) is 0 Å². The van der Waals surface area contributed by atoms with E-state index in [2.05, 4.69) is 0 Å². The molecule has 1 aromatic carbocycles. The molecule has 0 radical (unpaired) electrons. The van der Waals surface area contributed by atoms with Gasteiger partial charge in [-0.2, -0.15) is 0 Å². The third-order valence-electron chi connectivity index (χ3n) is 3.28. The van der Waals surface area contributed by atoms with Crippen LogP contribution < -0.4 is 21.1 Å². The van der Waals surface area contributed by atoms with Crippen molar-refractivity contribution in [2.24, 2.45) is 17.4 Å². The molecule has 1 fully saturated rings. The first-order valence-electron chi connectivity index (χ1n) is 6.01. The van der Waals surface area contributed by atoms with Crippen molar-refractivity contribution in [3.8, 4) is 5.75 Å². The minimum absolute atomic E-state index is 0.0548. The predicted octanol–water partition coefficient (Wildman–Crippen LogP) is -0.368. The van der Waals surface area contributed by atoms with Gasteiger partial charge in [0, 0.05) is 18.5 Å². The molecule has 0 aromatic heterocycles. The number of amides is 3. The van der Waals surface area contributed by atoms with Gasteiger partial charge in [-0.05, 0) is 18.2 Å². The highest BCUT2D eigenvalue weighted by molar-refractivity contribution is 6.02. The number of primary amides is 2. The molecular formula is C13H15N3O4. The number of carbonyl (C=O) groups excluding carboxylic acids is 3. The Hall–Kier alpha value is -2.57. The Kier molecular flexibility index (Phi) is 3.60. The second kappa shape index (κ2) is 5.20. The molecule has 106 valence electrons. The second-order valence-electron chi connectivity index (χ2n) is 4.56. The minimum atomic E-state index is -0.605. The molecule has 1 saturated heterocycles. The lowest BCUT2D eigenvalue weighted by Gasteiger charge is -2.19. The fourth-order valence-electron chi connectivity index (χ4n) is 2.19. The number of methoxy groups -OCH3 is 1. The number of benzene rings is 1. The molecule has 0 bridgehead atoms. The van der Waals surface area contributed by atoms with Crippen LogP contribution in [0.15, 0.2) is 18.2 Å². The number of hydrogen-bond acceptors (Lipinski definition) is 4. The Morgan fingerprint density at radius 3 is 2.55 bits per heavy atom. The van der Waals surface area contributed by atoms with Gasteiger partial charge in [0.2, 0.25) is 17.7 Å². The summed E-state index contributed by atoms with van der Waals surface area (Å²) >= 11 is 0. The molecule has 1 aromatic rings. The van der Waals surface area contributed by atoms with E-state index in [1.54, 1.807) is 6.07 Å². The number of nitrogens with two attached hydrogens (primary N) is 2. The van der Waals surface area contributed by atoms with Gasteiger partial charge in [0.25, 0.3) is 0 Å². The average molecular weight is 277 g/mol. The van der Waals surface area contributed by atoms with E-state index >= 15 is 0 Å². The van der Waals surface area contributed by atoms with Gasteiger partial charge in [-0.3, -0.25) is 14.4 Å². The normalized spacial score (nSPS) is 18.1. The third-order valence-corrected chi connectivity index (χ3v) is 3.28. The van der Waals surface area contributed by atoms with Crippen LogP contribution in [0.4, 0.5) is 5.69 Å². The van der Waals surface area contributed by atoms with Crippen molar-refractivity contribution in [2.75, 3.05) is 18.6 Å². The molecule has 0 aliphatic carbocycles. The SMILES string of the molecule is COc1ccc(C(N)=O)cc1N1CC(C(N)=O)CC1=O. The zero-order valence-corrected chi connectivity index (χ0v) is 11.0. The van der Waals surface area contributed by atoms with Crippen LogP contribution in [0.3, 0.4) is 0 Å². The molecule has 4 N–H and O–H groups in total. The van der Waals surface area contributed by atoms with E-state index in [0.717, 1.165) is 0 Å². The van der Waals surface area contributed by atoms with Crippen molar-refractivity contribution in [2.45, 2.75) is 6.42 Å². The lowest BCUT2D eigenvalue weighted by atomic mass is 10.1. The lowest BCUT2D eigenvalue weighted by molar-refractivity contribution is -0.123. The van der Waals surface area contributed by atoms with Crippen LogP contribution in [0.1, 0.15) is 16.8 Å². The van der Waals surface area contributed by atoms with Crippen LogP contribution in [0.5, 0.6) is 5.75 Å². The third kappa shape index (κ3) is 2.42. The van der Waals surface area contributed by atoms with Crippen LogP contribution in [0.25, 0.3) is 0 Å². The molecule has 0 saturated carbocycles. The summed E-state index contributed by atoms with van der Waals surface area (Å²) in [7, 11) is 1.45. The molecule has 1 atom stereocenters. The van der Waals surface area contributed by atoms with Crippen LogP contribution in [0.2, 0.25) is 0 Å². The summed E-state index contributed by atoms with van der Waals surface area (Å²) in [5, 5.41) is 0. The fourth-order valence-corrected chi connectivity index (χ4v) is 2.19. The number of carbonyl (C=O) groups is 3. The van der Waals surface area contributed by atoms with Gasteiger partial charge >= 0.3 is 0 Å². The van der Waals surface area contributed by atoms with E-state index < -0.39 is 17.7 Å². The van der Waals surface area contributed by atoms with Crippen LogP contribution in [-0.2, 0) is 9.59 Å². The predicted molar refractivity (Wildman–Crippen MR) is 71.2 cm³/mol. The summed E-state index contributed by atoms with van der Waals surface area (Å²) in [6.45, 7) is 0.173. The van der Waals surface area contributed by atoms with Crippen molar-refractivity contribution in [1.82, 2.24) is 0 Å². The fraction of sp³-hybridized carbons (Fsp3) is 0.308. The molecule has 1 aliphatic rings. The topological polar surface area (TPSA) is 116 Å². The van der Waals surface area contributed by atoms with Crippen LogP contribution in [0, 0.1) is 5.92 Å². The lowest BCUT2D eigenvalue weighted by Crippen LogP contribution is -2.29. The van der Waals surface area contributed by atoms with Gasteiger partial charge in [-0.1, -0.05) is 0 Å². The van der Waals surface area contributed by atoms with E-state index in [1.165, 1.54) is 24.1 Å². The quantitative estimate of drug-likeness (QED) is 0.781. The zero-order valence-electron chi connectivity index (χ0n) is 11.0. The van der Waals surface area contributed by atoms with E-state index in [9.17, 15) is 14.4 Å². The molecule has 0 spiro atoms. The van der Waals surface area contributed by atoms with Gasteiger partial charge in [-0.25, -0.2) is 0 Å². The van der Waals surface area contributed by atoms with E-state index in [0.29, 0.717) is 11.4 Å². The molecule has 3 amide bonds. The molecule has 2 rings (SSSR count). The largest absolute Gasteiger partial charge is 0.495 e. The highest BCUT2D eigenvalue weighted by atomic mass is 16.5. The maximum absolute atomic E-state index is 12.0. The van der Waals surface area contributed by atoms with Crippen molar-refractivity contribution >= 4 is 23.4 Å². The maximum Gasteiger partial charge on any atom is 0.248 e. The Morgan fingerprint density at radius 1 is 1.35 bits per heavy atom. The van der Waals surface area contributed by atoms with Crippen molar-refractivity contribution in [1.29, 1.82) is 0 Å². The summed E-state index contributed by atoms with van der Waals surface area (Å²) in [6, 6.07) is 4.54. The molecule has 1 unspecified atom stereocenters. The zero-order chi connectivity index (χ0) is 14.9. The van der Waals surface area contributed by atoms with E-state index in [1.807, 2.05) is 0 Å². The summed E-state index contributed by atoms with van der Waals surface area (Å²) in [4.78, 5) is 35.8.